The van der Waals surface area contributed by atoms with Gasteiger partial charge in [-0.15, -0.1) is 0 Å². The highest BCUT2D eigenvalue weighted by atomic mass is 16.6. The van der Waals surface area contributed by atoms with Crippen LogP contribution in [0.3, 0.4) is 0 Å². The highest BCUT2D eigenvalue weighted by Gasteiger charge is 2.18. The zero-order chi connectivity index (χ0) is 14.4. The third-order valence-electron chi connectivity index (χ3n) is 2.06. The molecule has 0 bridgehead atoms. The van der Waals surface area contributed by atoms with Crippen molar-refractivity contribution in [2.75, 3.05) is 6.61 Å². The number of nitrogens with zero attached hydrogens (tertiary/aromatic N) is 2. The second-order valence-corrected chi connectivity index (χ2v) is 3.40. The van der Waals surface area contributed by atoms with Gasteiger partial charge >= 0.3 is 0 Å². The number of nitrogens with one attached hydrogen (secondary N) is 1. The van der Waals surface area contributed by atoms with Gasteiger partial charge in [-0.25, -0.2) is 0 Å². The second kappa shape index (κ2) is 6.37. The Morgan fingerprint density at radius 2 is 2.00 bits per heavy atom. The van der Waals surface area contributed by atoms with E-state index in [1.54, 1.807) is 0 Å². The number of nitrogens with two attached hydrogens (primary N) is 1. The largest absolute Gasteiger partial charge is 0.368 e. The topological polar surface area (TPSA) is 151 Å². The molecule has 1 aromatic rings. The molecule has 19 heavy (non-hydrogen) atoms. The maximum atomic E-state index is 10.8. The van der Waals surface area contributed by atoms with Crippen LogP contribution in [-0.4, -0.2) is 22.4 Å². The van der Waals surface area contributed by atoms with E-state index in [9.17, 15) is 25.0 Å². The van der Waals surface area contributed by atoms with E-state index in [1.165, 1.54) is 6.07 Å². The number of non-ortho nitro benzene ring substituents is 1. The maximum absolute atomic E-state index is 10.8. The van der Waals surface area contributed by atoms with Gasteiger partial charge in [0.15, 0.2) is 0 Å². The predicted octanol–water partition coefficient (Wildman–Crippen LogP) is 0.00950. The minimum absolute atomic E-state index is 0.0956. The Labute approximate surface area is 106 Å². The molecule has 10 heteroatoms. The summed E-state index contributed by atoms with van der Waals surface area (Å²) in [5.41, 5.74) is 6.50. The Morgan fingerprint density at radius 3 is 2.53 bits per heavy atom. The van der Waals surface area contributed by atoms with Gasteiger partial charge in [0.2, 0.25) is 5.91 Å². The Morgan fingerprint density at radius 1 is 1.32 bits per heavy atom. The minimum atomic E-state index is -0.738. The summed E-state index contributed by atoms with van der Waals surface area (Å²) in [6.45, 7) is -0.484. The quantitative estimate of drug-likeness (QED) is 0.402. The molecule has 0 aliphatic rings. The molecule has 0 aliphatic heterocycles. The molecule has 0 heterocycles. The first-order chi connectivity index (χ1) is 8.91. The third-order valence-corrected chi connectivity index (χ3v) is 2.06. The van der Waals surface area contributed by atoms with Crippen molar-refractivity contribution in [3.8, 4) is 0 Å². The highest BCUT2D eigenvalue weighted by molar-refractivity contribution is 5.74. The molecule has 0 aliphatic carbocycles. The zero-order valence-electron chi connectivity index (χ0n) is 9.57. The molecular formula is C9H10N4O6. The van der Waals surface area contributed by atoms with Crippen LogP contribution in [0, 0.1) is 20.2 Å². The number of hydrogen-bond acceptors (Lipinski definition) is 7. The lowest BCUT2D eigenvalue weighted by Gasteiger charge is -2.05. The molecule has 0 radical (unpaired) electrons. The van der Waals surface area contributed by atoms with Crippen molar-refractivity contribution in [3.63, 3.8) is 0 Å². The van der Waals surface area contributed by atoms with Crippen molar-refractivity contribution in [2.45, 2.75) is 6.54 Å². The van der Waals surface area contributed by atoms with Gasteiger partial charge in [0.1, 0.15) is 6.61 Å². The van der Waals surface area contributed by atoms with Crippen LogP contribution in [0.4, 0.5) is 11.4 Å². The van der Waals surface area contributed by atoms with E-state index in [2.05, 4.69) is 10.3 Å². The van der Waals surface area contributed by atoms with Crippen LogP contribution in [-0.2, 0) is 16.2 Å². The number of primary amides is 1. The molecule has 10 nitrogen and oxygen atoms in total. The molecule has 0 saturated carbocycles. The Kier molecular flexibility index (Phi) is 4.85. The molecular weight excluding hydrogens is 260 g/mol. The van der Waals surface area contributed by atoms with E-state index in [-0.39, 0.29) is 24.4 Å². The number of hydrogen-bond donors (Lipinski definition) is 2. The van der Waals surface area contributed by atoms with Gasteiger partial charge in [-0.1, -0.05) is 0 Å². The second-order valence-electron chi connectivity index (χ2n) is 3.40. The summed E-state index contributed by atoms with van der Waals surface area (Å²) in [6.07, 6.45) is 0. The van der Waals surface area contributed by atoms with Crippen molar-refractivity contribution in [1.82, 2.24) is 5.48 Å². The molecule has 1 rings (SSSR count). The number of nitro benzene ring substituents is 2. The summed E-state index contributed by atoms with van der Waals surface area (Å²) in [5.74, 6) is -0.703. The van der Waals surface area contributed by atoms with Crippen LogP contribution in [0.25, 0.3) is 0 Å². The summed E-state index contributed by atoms with van der Waals surface area (Å²) < 4.78 is 0. The lowest BCUT2D eigenvalue weighted by molar-refractivity contribution is -0.394. The van der Waals surface area contributed by atoms with Gasteiger partial charge in [0.05, 0.1) is 22.5 Å². The van der Waals surface area contributed by atoms with Crippen molar-refractivity contribution in [2.24, 2.45) is 5.73 Å². The zero-order valence-corrected chi connectivity index (χ0v) is 9.57. The van der Waals surface area contributed by atoms with E-state index in [4.69, 9.17) is 5.73 Å². The average Bonchev–Trinajstić information content (AvgIpc) is 2.34. The fraction of sp³-hybridized carbons (Fsp3) is 0.222. The summed E-state index contributed by atoms with van der Waals surface area (Å²) in [4.78, 5) is 34.8. The normalized spacial score (nSPS) is 10.1. The van der Waals surface area contributed by atoms with Crippen molar-refractivity contribution < 1.29 is 19.5 Å². The van der Waals surface area contributed by atoms with E-state index in [0.717, 1.165) is 12.1 Å². The SMILES string of the molecule is NC(=O)CONCc1ccc([N+](=O)[O-])cc1[N+](=O)[O-]. The number of nitro groups is 2. The van der Waals surface area contributed by atoms with Gasteiger partial charge in [0, 0.05) is 11.6 Å². The van der Waals surface area contributed by atoms with Crippen LogP contribution >= 0.6 is 0 Å². The first kappa shape index (κ1) is 14.5. The summed E-state index contributed by atoms with van der Waals surface area (Å²) in [6, 6.07) is 3.22. The van der Waals surface area contributed by atoms with E-state index in [1.807, 2.05) is 0 Å². The van der Waals surface area contributed by atoms with Crippen LogP contribution < -0.4 is 11.2 Å². The monoisotopic (exact) mass is 270 g/mol. The van der Waals surface area contributed by atoms with Gasteiger partial charge in [-0.3, -0.25) is 29.9 Å². The highest BCUT2D eigenvalue weighted by Crippen LogP contribution is 2.24. The summed E-state index contributed by atoms with van der Waals surface area (Å²) >= 11 is 0. The lowest BCUT2D eigenvalue weighted by atomic mass is 10.1. The van der Waals surface area contributed by atoms with Gasteiger partial charge in [-0.2, -0.15) is 5.48 Å². The smallest absolute Gasteiger partial charge is 0.280 e. The molecule has 0 saturated heterocycles. The number of carbonyl (C=O) groups excluding carboxylic acids is 1. The summed E-state index contributed by atoms with van der Waals surface area (Å²) in [7, 11) is 0. The lowest BCUT2D eigenvalue weighted by Crippen LogP contribution is -2.24. The van der Waals surface area contributed by atoms with Gasteiger partial charge in [0.25, 0.3) is 11.4 Å². The molecule has 0 fully saturated rings. The first-order valence-electron chi connectivity index (χ1n) is 4.96. The van der Waals surface area contributed by atoms with Crippen LogP contribution in [0.15, 0.2) is 18.2 Å². The predicted molar refractivity (Wildman–Crippen MR) is 61.7 cm³/mol. The van der Waals surface area contributed by atoms with Crippen LogP contribution in [0.2, 0.25) is 0 Å². The van der Waals surface area contributed by atoms with E-state index in [0.29, 0.717) is 0 Å². The maximum Gasteiger partial charge on any atom is 0.280 e. The van der Waals surface area contributed by atoms with Gasteiger partial charge < -0.3 is 5.73 Å². The number of amides is 1. The number of carbonyl (C=O) groups is 1. The van der Waals surface area contributed by atoms with Crippen LogP contribution in [0.1, 0.15) is 5.56 Å². The fourth-order valence-corrected chi connectivity index (χ4v) is 1.24. The number of benzene rings is 1. The van der Waals surface area contributed by atoms with Crippen molar-refractivity contribution in [1.29, 1.82) is 0 Å². The molecule has 1 aromatic carbocycles. The molecule has 0 aromatic heterocycles. The molecule has 0 atom stereocenters. The van der Waals surface area contributed by atoms with Gasteiger partial charge in [-0.05, 0) is 6.07 Å². The van der Waals surface area contributed by atoms with Crippen molar-refractivity contribution in [3.05, 3.63) is 44.0 Å². The minimum Gasteiger partial charge on any atom is -0.368 e. The van der Waals surface area contributed by atoms with Crippen molar-refractivity contribution >= 4 is 17.3 Å². The van der Waals surface area contributed by atoms with E-state index < -0.39 is 21.4 Å². The molecule has 0 unspecified atom stereocenters. The molecule has 102 valence electrons. The Bertz CT molecular complexity index is 517. The molecule has 0 spiro atoms. The molecule has 3 N–H and O–H groups in total. The van der Waals surface area contributed by atoms with Crippen LogP contribution in [0.5, 0.6) is 0 Å². The Balaban J connectivity index is 2.79. The fourth-order valence-electron chi connectivity index (χ4n) is 1.24. The molecule has 1 amide bonds. The standard InChI is InChI=1S/C9H10N4O6/c10-9(14)5-19-11-4-6-1-2-7(12(15)16)3-8(6)13(17)18/h1-3,11H,4-5H2,(H2,10,14). The number of hydroxylamine groups is 1. The third kappa shape index (κ3) is 4.29. The summed E-state index contributed by atoms with van der Waals surface area (Å²) in [5, 5.41) is 21.3. The average molecular weight is 270 g/mol. The first-order valence-corrected chi connectivity index (χ1v) is 4.96. The Hall–Kier alpha value is -2.59. The van der Waals surface area contributed by atoms with E-state index >= 15 is 0 Å². The number of rotatable bonds is 7.